The first-order chi connectivity index (χ1) is 24.7. The molecule has 0 aliphatic carbocycles. The van der Waals surface area contributed by atoms with E-state index in [2.05, 4.69) is 127 Å². The first-order valence-electron chi connectivity index (χ1n) is 16.6. The molecule has 0 fully saturated rings. The van der Waals surface area contributed by atoms with Crippen molar-refractivity contribution in [1.29, 1.82) is 0 Å². The first kappa shape index (κ1) is 28.6. The highest BCUT2D eigenvalue weighted by molar-refractivity contribution is 7.26. The normalized spacial score (nSPS) is 11.6. The van der Waals surface area contributed by atoms with Crippen LogP contribution in [-0.2, 0) is 0 Å². The number of hydrogen-bond acceptors (Lipinski definition) is 5. The van der Waals surface area contributed by atoms with E-state index >= 15 is 0 Å². The van der Waals surface area contributed by atoms with Gasteiger partial charge in [0.2, 0.25) is 0 Å². The summed E-state index contributed by atoms with van der Waals surface area (Å²) in [6.07, 6.45) is 0. The highest BCUT2D eigenvalue weighted by Crippen LogP contribution is 2.40. The molecule has 10 aromatic rings. The molecule has 7 aromatic carbocycles. The molecule has 0 bridgehead atoms. The highest BCUT2D eigenvalue weighted by Gasteiger charge is 2.18. The van der Waals surface area contributed by atoms with Crippen molar-refractivity contribution in [2.24, 2.45) is 0 Å². The maximum Gasteiger partial charge on any atom is 0.165 e. The second-order valence-electron chi connectivity index (χ2n) is 12.4. The van der Waals surface area contributed by atoms with E-state index in [-0.39, 0.29) is 0 Å². The van der Waals surface area contributed by atoms with Gasteiger partial charge < -0.3 is 4.42 Å². The Bertz CT molecular complexity index is 2860. The van der Waals surface area contributed by atoms with Crippen LogP contribution in [0.15, 0.2) is 168 Å². The Morgan fingerprint density at radius 3 is 1.76 bits per heavy atom. The van der Waals surface area contributed by atoms with E-state index in [0.29, 0.717) is 17.5 Å². The zero-order chi connectivity index (χ0) is 33.0. The number of nitrogens with zero attached hydrogens (tertiary/aromatic N) is 3. The minimum Gasteiger partial charge on any atom is -0.456 e. The van der Waals surface area contributed by atoms with Crippen molar-refractivity contribution in [2.75, 3.05) is 0 Å². The molecule has 0 aliphatic rings. The number of rotatable bonds is 5. The van der Waals surface area contributed by atoms with E-state index in [1.54, 1.807) is 11.3 Å². The zero-order valence-electron chi connectivity index (χ0n) is 26.7. The molecular formula is C45H27N3OS. The van der Waals surface area contributed by atoms with Gasteiger partial charge in [-0.15, -0.1) is 11.3 Å². The van der Waals surface area contributed by atoms with Gasteiger partial charge in [-0.3, -0.25) is 0 Å². The van der Waals surface area contributed by atoms with E-state index in [4.69, 9.17) is 19.4 Å². The van der Waals surface area contributed by atoms with E-state index in [1.165, 1.54) is 31.3 Å². The molecule has 3 heterocycles. The summed E-state index contributed by atoms with van der Waals surface area (Å²) >= 11 is 1.77. The summed E-state index contributed by atoms with van der Waals surface area (Å²) in [5.41, 5.74) is 9.18. The van der Waals surface area contributed by atoms with Gasteiger partial charge in [0.05, 0.1) is 0 Å². The molecule has 0 N–H and O–H groups in total. The number of benzene rings is 7. The molecule has 0 spiro atoms. The monoisotopic (exact) mass is 657 g/mol. The predicted octanol–water partition coefficient (Wildman–Crippen LogP) is 12.5. The molecule has 3 aromatic heterocycles. The van der Waals surface area contributed by atoms with Gasteiger partial charge in [0.25, 0.3) is 0 Å². The van der Waals surface area contributed by atoms with Gasteiger partial charge in [0.15, 0.2) is 17.5 Å². The molecule has 5 heteroatoms. The van der Waals surface area contributed by atoms with Crippen LogP contribution in [0.1, 0.15) is 0 Å². The summed E-state index contributed by atoms with van der Waals surface area (Å²) in [6, 6.07) is 56.9. The van der Waals surface area contributed by atoms with Crippen LogP contribution >= 0.6 is 11.3 Å². The molecule has 0 saturated heterocycles. The summed E-state index contributed by atoms with van der Waals surface area (Å²) in [4.78, 5) is 15.1. The van der Waals surface area contributed by atoms with E-state index < -0.39 is 0 Å². The van der Waals surface area contributed by atoms with Gasteiger partial charge in [-0.05, 0) is 58.7 Å². The van der Waals surface area contributed by atoms with Gasteiger partial charge >= 0.3 is 0 Å². The number of fused-ring (bicyclic) bond motifs is 6. The van der Waals surface area contributed by atoms with Crippen molar-refractivity contribution < 1.29 is 4.42 Å². The SMILES string of the molecule is c1ccc(-c2ccc(-c3ccc4oc5cc(-c6nc(-c7ccccc7)nc(-c7cccc8c7sc7ccccc78)n6)ccc5c4c3)cc2)cc1. The lowest BCUT2D eigenvalue weighted by Gasteiger charge is -2.09. The Kier molecular flexibility index (Phi) is 6.64. The van der Waals surface area contributed by atoms with Crippen molar-refractivity contribution in [2.45, 2.75) is 0 Å². The van der Waals surface area contributed by atoms with Crippen molar-refractivity contribution in [3.63, 3.8) is 0 Å². The van der Waals surface area contributed by atoms with E-state index in [1.807, 2.05) is 36.4 Å². The van der Waals surface area contributed by atoms with Crippen LogP contribution in [0.5, 0.6) is 0 Å². The Labute approximate surface area is 292 Å². The number of aromatic nitrogens is 3. The second-order valence-corrected chi connectivity index (χ2v) is 13.5. The fraction of sp³-hybridized carbons (Fsp3) is 0. The summed E-state index contributed by atoms with van der Waals surface area (Å²) in [7, 11) is 0. The molecular weight excluding hydrogens is 631 g/mol. The molecule has 0 aliphatic heterocycles. The molecule has 0 amide bonds. The van der Waals surface area contributed by atoms with E-state index in [9.17, 15) is 0 Å². The predicted molar refractivity (Wildman–Crippen MR) is 207 cm³/mol. The third-order valence-electron chi connectivity index (χ3n) is 9.37. The van der Waals surface area contributed by atoms with Crippen LogP contribution in [-0.4, -0.2) is 15.0 Å². The summed E-state index contributed by atoms with van der Waals surface area (Å²) < 4.78 is 8.85. The molecule has 50 heavy (non-hydrogen) atoms. The highest BCUT2D eigenvalue weighted by atomic mass is 32.1. The van der Waals surface area contributed by atoms with Gasteiger partial charge in [0.1, 0.15) is 11.2 Å². The van der Waals surface area contributed by atoms with Crippen LogP contribution < -0.4 is 0 Å². The largest absolute Gasteiger partial charge is 0.456 e. The van der Waals surface area contributed by atoms with Crippen LogP contribution in [0.25, 0.3) is 98.5 Å². The number of hydrogen-bond donors (Lipinski definition) is 0. The topological polar surface area (TPSA) is 51.8 Å². The maximum absolute atomic E-state index is 6.43. The van der Waals surface area contributed by atoms with Crippen molar-refractivity contribution in [3.8, 4) is 56.4 Å². The van der Waals surface area contributed by atoms with Crippen LogP contribution in [0.4, 0.5) is 0 Å². The smallest absolute Gasteiger partial charge is 0.165 e. The van der Waals surface area contributed by atoms with Gasteiger partial charge in [-0.1, -0.05) is 127 Å². The Balaban J connectivity index is 1.08. The average molecular weight is 658 g/mol. The Morgan fingerprint density at radius 1 is 0.360 bits per heavy atom. The standard InChI is InChI=1S/C45H27N3OS/c1-3-10-28(11-4-1)29-18-20-30(21-19-29)32-23-25-39-38(26-32)34-24-22-33(27-40(34)49-39)44-46-43(31-12-5-2-6-13-31)47-45(48-44)37-16-9-15-36-35-14-7-8-17-41(35)50-42(36)37/h1-27H. The molecule has 4 nitrogen and oxygen atoms in total. The van der Waals surface area contributed by atoms with Crippen LogP contribution in [0.2, 0.25) is 0 Å². The number of furan rings is 1. The van der Waals surface area contributed by atoms with Crippen molar-refractivity contribution >= 4 is 53.4 Å². The lowest BCUT2D eigenvalue weighted by Crippen LogP contribution is -2.00. The van der Waals surface area contributed by atoms with Crippen molar-refractivity contribution in [3.05, 3.63) is 164 Å². The van der Waals surface area contributed by atoms with Gasteiger partial charge in [0, 0.05) is 47.6 Å². The summed E-state index contributed by atoms with van der Waals surface area (Å²) in [6.45, 7) is 0. The fourth-order valence-corrected chi connectivity index (χ4v) is 8.06. The fourth-order valence-electron chi connectivity index (χ4n) is 6.85. The third-order valence-corrected chi connectivity index (χ3v) is 10.6. The first-order valence-corrected chi connectivity index (χ1v) is 17.4. The quantitative estimate of drug-likeness (QED) is 0.185. The van der Waals surface area contributed by atoms with Gasteiger partial charge in [-0.2, -0.15) is 0 Å². The minimum atomic E-state index is 0.605. The molecule has 0 radical (unpaired) electrons. The second kappa shape index (κ2) is 11.6. The molecule has 0 unspecified atom stereocenters. The van der Waals surface area contributed by atoms with Crippen LogP contribution in [0, 0.1) is 0 Å². The van der Waals surface area contributed by atoms with Crippen LogP contribution in [0.3, 0.4) is 0 Å². The Morgan fingerprint density at radius 2 is 0.960 bits per heavy atom. The summed E-state index contributed by atoms with van der Waals surface area (Å²) in [5, 5.41) is 4.59. The molecule has 0 atom stereocenters. The van der Waals surface area contributed by atoms with E-state index in [0.717, 1.165) is 49.8 Å². The maximum atomic E-state index is 6.43. The lowest BCUT2D eigenvalue weighted by molar-refractivity contribution is 0.669. The summed E-state index contributed by atoms with van der Waals surface area (Å²) in [5.74, 6) is 1.89. The Hall–Kier alpha value is -6.43. The number of thiophene rings is 1. The van der Waals surface area contributed by atoms with Gasteiger partial charge in [-0.25, -0.2) is 15.0 Å². The zero-order valence-corrected chi connectivity index (χ0v) is 27.6. The minimum absolute atomic E-state index is 0.605. The third kappa shape index (κ3) is 4.87. The lowest BCUT2D eigenvalue weighted by atomic mass is 9.99. The average Bonchev–Trinajstić information content (AvgIpc) is 3.76. The molecule has 0 saturated carbocycles. The van der Waals surface area contributed by atoms with Crippen molar-refractivity contribution in [1.82, 2.24) is 15.0 Å². The molecule has 10 rings (SSSR count). The molecule has 234 valence electrons.